The highest BCUT2D eigenvalue weighted by Gasteiger charge is 2.73. The van der Waals surface area contributed by atoms with Crippen LogP contribution in [0.3, 0.4) is 0 Å². The van der Waals surface area contributed by atoms with E-state index in [-0.39, 0.29) is 11.8 Å². The van der Waals surface area contributed by atoms with Gasteiger partial charge in [0.2, 0.25) is 5.91 Å². The lowest BCUT2D eigenvalue weighted by Crippen LogP contribution is -2.71. The van der Waals surface area contributed by atoms with Crippen LogP contribution >= 0.6 is 11.8 Å². The molecule has 0 aromatic carbocycles. The first-order valence-electron chi connectivity index (χ1n) is 4.72. The molecule has 1 atom stereocenters. The Morgan fingerprint density at radius 3 is 2.19 bits per heavy atom. The van der Waals surface area contributed by atoms with Gasteiger partial charge in [-0.2, -0.15) is 0 Å². The Hall–Kier alpha value is -1.24. The zero-order chi connectivity index (χ0) is 12.3. The number of β-lactam (4-membered cyclic amide) rings is 1. The molecule has 2 aliphatic heterocycles. The molecule has 88 valence electrons. The molecule has 0 unspecified atom stereocenters. The molecule has 2 aliphatic rings. The highest BCUT2D eigenvalue weighted by Crippen LogP contribution is 2.56. The van der Waals surface area contributed by atoms with Crippen molar-refractivity contribution in [1.29, 1.82) is 0 Å². The molecular formula is C9H11NO5S. The lowest BCUT2D eigenvalue weighted by atomic mass is 9.82. The molecule has 2 N–H and O–H groups in total. The smallest absolute Gasteiger partial charge is 0.343 e. The van der Waals surface area contributed by atoms with Crippen LogP contribution in [0.4, 0.5) is 0 Å². The highest BCUT2D eigenvalue weighted by molar-refractivity contribution is 8.01. The van der Waals surface area contributed by atoms with Gasteiger partial charge in [0.25, 0.3) is 5.54 Å². The normalized spacial score (nSPS) is 29.5. The van der Waals surface area contributed by atoms with Crippen molar-refractivity contribution in [1.82, 2.24) is 4.90 Å². The molecule has 2 fully saturated rings. The molecule has 0 bridgehead atoms. The first-order chi connectivity index (χ1) is 7.25. The molecule has 1 amide bonds. The van der Waals surface area contributed by atoms with Crippen molar-refractivity contribution >= 4 is 29.6 Å². The van der Waals surface area contributed by atoms with Crippen LogP contribution in [0.1, 0.15) is 20.3 Å². The van der Waals surface area contributed by atoms with E-state index >= 15 is 0 Å². The number of nitrogens with zero attached hydrogens (tertiary/aromatic N) is 1. The van der Waals surface area contributed by atoms with Crippen LogP contribution in [0.25, 0.3) is 0 Å². The summed E-state index contributed by atoms with van der Waals surface area (Å²) in [6.45, 7) is 3.09. The number of amides is 1. The highest BCUT2D eigenvalue weighted by atomic mass is 32.2. The molecule has 0 radical (unpaired) electrons. The molecule has 0 aromatic rings. The van der Waals surface area contributed by atoms with E-state index in [1.807, 2.05) is 0 Å². The predicted molar refractivity (Wildman–Crippen MR) is 54.9 cm³/mol. The van der Waals surface area contributed by atoms with Gasteiger partial charge in [-0.25, -0.2) is 9.59 Å². The molecule has 0 aliphatic carbocycles. The van der Waals surface area contributed by atoms with Crippen LogP contribution in [-0.2, 0) is 14.4 Å². The van der Waals surface area contributed by atoms with Gasteiger partial charge in [0.05, 0.1) is 16.5 Å². The number of hydrogen-bond acceptors (Lipinski definition) is 4. The van der Waals surface area contributed by atoms with Gasteiger partial charge in [-0.1, -0.05) is 0 Å². The van der Waals surface area contributed by atoms with Crippen molar-refractivity contribution in [2.24, 2.45) is 0 Å². The number of aliphatic carboxylic acids is 2. The predicted octanol–water partition coefficient (Wildman–Crippen LogP) is -0.0218. The summed E-state index contributed by atoms with van der Waals surface area (Å²) in [7, 11) is 0. The number of fused-ring (bicyclic) bond motifs is 1. The first kappa shape index (κ1) is 11.3. The Morgan fingerprint density at radius 2 is 1.88 bits per heavy atom. The lowest BCUT2D eigenvalue weighted by Gasteiger charge is -2.43. The number of carbonyl (C=O) groups excluding carboxylic acids is 1. The number of rotatable bonds is 2. The van der Waals surface area contributed by atoms with Crippen molar-refractivity contribution in [3.63, 3.8) is 0 Å². The van der Waals surface area contributed by atoms with E-state index in [2.05, 4.69) is 0 Å². The fourth-order valence-corrected chi connectivity index (χ4v) is 4.14. The maximum atomic E-state index is 11.4. The van der Waals surface area contributed by atoms with Crippen molar-refractivity contribution < 1.29 is 24.6 Å². The minimum absolute atomic E-state index is 0.219. The van der Waals surface area contributed by atoms with Gasteiger partial charge < -0.3 is 15.1 Å². The monoisotopic (exact) mass is 245 g/mol. The van der Waals surface area contributed by atoms with Gasteiger partial charge in [0, 0.05) is 0 Å². The standard InChI is InChI=1S/C9H11NO5S/c1-8(2)9(6(12)13,7(14)15)10-4(11)3-5(10)16-8/h5H,3H2,1-2H3,(H,12,13)(H,14,15)/t5-/m1/s1. The molecule has 0 spiro atoms. The minimum atomic E-state index is -2.14. The summed E-state index contributed by atoms with van der Waals surface area (Å²) in [5.74, 6) is -3.37. The Labute approximate surface area is 95.6 Å². The second kappa shape index (κ2) is 2.91. The minimum Gasteiger partial charge on any atom is -0.479 e. The van der Waals surface area contributed by atoms with Crippen LogP contribution in [0.5, 0.6) is 0 Å². The Kier molecular flexibility index (Phi) is 2.04. The number of carbonyl (C=O) groups is 3. The van der Waals surface area contributed by atoms with Gasteiger partial charge in [-0.05, 0) is 13.8 Å². The van der Waals surface area contributed by atoms with E-state index in [1.165, 1.54) is 11.8 Å². The van der Waals surface area contributed by atoms with E-state index in [4.69, 9.17) is 0 Å². The first-order valence-corrected chi connectivity index (χ1v) is 5.60. The van der Waals surface area contributed by atoms with E-state index in [1.54, 1.807) is 13.8 Å². The van der Waals surface area contributed by atoms with Gasteiger partial charge in [-0.15, -0.1) is 11.8 Å². The summed E-state index contributed by atoms with van der Waals surface area (Å²) >= 11 is 1.23. The van der Waals surface area contributed by atoms with E-state index in [0.29, 0.717) is 0 Å². The fourth-order valence-electron chi connectivity index (χ4n) is 2.41. The molecule has 2 rings (SSSR count). The zero-order valence-corrected chi connectivity index (χ0v) is 9.58. The molecule has 6 nitrogen and oxygen atoms in total. The molecular weight excluding hydrogens is 234 g/mol. The van der Waals surface area contributed by atoms with E-state index in [0.717, 1.165) is 4.90 Å². The average Bonchev–Trinajstić information content (AvgIpc) is 2.29. The summed E-state index contributed by atoms with van der Waals surface area (Å²) < 4.78 is -1.04. The SMILES string of the molecule is CC1(C)S[C@@H]2CC(=O)N2C1(C(=O)O)C(=O)O. The number of carboxylic acids is 2. The van der Waals surface area contributed by atoms with Gasteiger partial charge in [0.15, 0.2) is 0 Å². The van der Waals surface area contributed by atoms with Crippen molar-refractivity contribution in [2.45, 2.75) is 35.9 Å². The number of hydrogen-bond donors (Lipinski definition) is 2. The maximum Gasteiger partial charge on any atom is 0.343 e. The Morgan fingerprint density at radius 1 is 1.38 bits per heavy atom. The maximum absolute atomic E-state index is 11.4. The van der Waals surface area contributed by atoms with Crippen molar-refractivity contribution in [2.75, 3.05) is 0 Å². The van der Waals surface area contributed by atoms with Gasteiger partial charge >= 0.3 is 11.9 Å². The second-order valence-electron chi connectivity index (χ2n) is 4.37. The van der Waals surface area contributed by atoms with Crippen LogP contribution in [0, 0.1) is 0 Å². The summed E-state index contributed by atoms with van der Waals surface area (Å²) in [4.78, 5) is 35.1. The summed E-state index contributed by atoms with van der Waals surface area (Å²) in [5.41, 5.74) is -2.14. The number of thioether (sulfide) groups is 1. The third-order valence-corrected chi connectivity index (χ3v) is 4.72. The third-order valence-electron chi connectivity index (χ3n) is 3.19. The quantitative estimate of drug-likeness (QED) is 0.524. The van der Waals surface area contributed by atoms with Crippen molar-refractivity contribution in [3.8, 4) is 0 Å². The molecule has 16 heavy (non-hydrogen) atoms. The third kappa shape index (κ3) is 0.965. The second-order valence-corrected chi connectivity index (χ2v) is 6.17. The van der Waals surface area contributed by atoms with Crippen LogP contribution in [-0.4, -0.2) is 48.6 Å². The van der Waals surface area contributed by atoms with Crippen LogP contribution in [0.2, 0.25) is 0 Å². The van der Waals surface area contributed by atoms with Crippen molar-refractivity contribution in [3.05, 3.63) is 0 Å². The molecule has 7 heteroatoms. The Bertz CT molecular complexity index is 391. The summed E-state index contributed by atoms with van der Waals surface area (Å²) in [5, 5.41) is 18.1. The molecule has 2 heterocycles. The van der Waals surface area contributed by atoms with Gasteiger partial charge in [-0.3, -0.25) is 4.79 Å². The van der Waals surface area contributed by atoms with E-state index in [9.17, 15) is 24.6 Å². The largest absolute Gasteiger partial charge is 0.479 e. The van der Waals surface area contributed by atoms with Crippen LogP contribution in [0.15, 0.2) is 0 Å². The summed E-state index contributed by atoms with van der Waals surface area (Å²) in [6.07, 6.45) is 0.219. The average molecular weight is 245 g/mol. The topological polar surface area (TPSA) is 94.9 Å². The molecule has 0 saturated carbocycles. The van der Waals surface area contributed by atoms with Crippen LogP contribution < -0.4 is 0 Å². The number of carboxylic acid groups (broad SMARTS) is 2. The lowest BCUT2D eigenvalue weighted by molar-refractivity contribution is -0.180. The summed E-state index contributed by atoms with van der Waals surface area (Å²) in [6, 6.07) is 0. The Balaban J connectivity index is 2.60. The molecule has 2 saturated heterocycles. The zero-order valence-electron chi connectivity index (χ0n) is 8.76. The molecule has 0 aromatic heterocycles. The van der Waals surface area contributed by atoms with E-state index < -0.39 is 28.1 Å². The van der Waals surface area contributed by atoms with Gasteiger partial charge in [0.1, 0.15) is 0 Å². The fraction of sp³-hybridized carbons (Fsp3) is 0.667.